The second kappa shape index (κ2) is 5.59. The topological polar surface area (TPSA) is 15.3 Å². The van der Waals surface area contributed by atoms with Gasteiger partial charge in [-0.05, 0) is 40.5 Å². The maximum atomic E-state index is 5.96. The van der Waals surface area contributed by atoms with Crippen molar-refractivity contribution in [2.75, 3.05) is 18.0 Å². The van der Waals surface area contributed by atoms with Crippen LogP contribution in [0.15, 0.2) is 22.7 Å². The molecule has 1 aliphatic rings. The Hall–Kier alpha value is -0.250. The van der Waals surface area contributed by atoms with Crippen molar-refractivity contribution in [2.24, 2.45) is 0 Å². The molecule has 1 aromatic carbocycles. The molecule has 1 atom stereocenters. The molecule has 2 rings (SSSR count). The van der Waals surface area contributed by atoms with Gasteiger partial charge in [0.2, 0.25) is 0 Å². The zero-order valence-electron chi connectivity index (χ0n) is 10.2. The van der Waals surface area contributed by atoms with Crippen LogP contribution in [0.2, 0.25) is 5.02 Å². The zero-order chi connectivity index (χ0) is 12.4. The van der Waals surface area contributed by atoms with Crippen molar-refractivity contribution < 1.29 is 0 Å². The molecule has 1 aromatic rings. The summed E-state index contributed by atoms with van der Waals surface area (Å²) in [5.41, 5.74) is 1.24. The molecule has 1 aliphatic heterocycles. The highest BCUT2D eigenvalue weighted by molar-refractivity contribution is 9.10. The Morgan fingerprint density at radius 2 is 2.24 bits per heavy atom. The van der Waals surface area contributed by atoms with Crippen LogP contribution in [0.4, 0.5) is 5.69 Å². The number of rotatable bonds is 3. The summed E-state index contributed by atoms with van der Waals surface area (Å²) in [5.74, 6) is 0. The predicted molar refractivity (Wildman–Crippen MR) is 78.0 cm³/mol. The van der Waals surface area contributed by atoms with Gasteiger partial charge in [-0.3, -0.25) is 0 Å². The van der Waals surface area contributed by atoms with Crippen molar-refractivity contribution >= 4 is 33.2 Å². The average molecular weight is 318 g/mol. The zero-order valence-corrected chi connectivity index (χ0v) is 12.6. The van der Waals surface area contributed by atoms with E-state index in [1.165, 1.54) is 12.1 Å². The maximum Gasteiger partial charge on any atom is 0.0512 e. The highest BCUT2D eigenvalue weighted by Gasteiger charge is 2.23. The summed E-state index contributed by atoms with van der Waals surface area (Å²) in [5, 5.41) is 4.36. The Morgan fingerprint density at radius 3 is 2.88 bits per heavy atom. The summed E-state index contributed by atoms with van der Waals surface area (Å²) in [6.45, 7) is 6.56. The van der Waals surface area contributed by atoms with Gasteiger partial charge in [-0.2, -0.15) is 0 Å². The number of hydrogen-bond donors (Lipinski definition) is 1. The number of anilines is 1. The van der Waals surface area contributed by atoms with E-state index in [4.69, 9.17) is 11.6 Å². The molecule has 0 saturated carbocycles. The minimum absolute atomic E-state index is 0.550. The fourth-order valence-electron chi connectivity index (χ4n) is 2.32. The van der Waals surface area contributed by atoms with Gasteiger partial charge in [0, 0.05) is 34.7 Å². The van der Waals surface area contributed by atoms with E-state index in [0.717, 1.165) is 22.6 Å². The Bertz CT molecular complexity index is 395. The summed E-state index contributed by atoms with van der Waals surface area (Å²) < 4.78 is 1.08. The smallest absolute Gasteiger partial charge is 0.0512 e. The molecule has 0 radical (unpaired) electrons. The molecule has 1 heterocycles. The van der Waals surface area contributed by atoms with Gasteiger partial charge in [0.25, 0.3) is 0 Å². The number of nitrogens with one attached hydrogen (secondary N) is 1. The second-order valence-corrected chi connectivity index (χ2v) is 6.14. The molecule has 17 heavy (non-hydrogen) atoms. The highest BCUT2D eigenvalue weighted by Crippen LogP contribution is 2.31. The van der Waals surface area contributed by atoms with E-state index >= 15 is 0 Å². The van der Waals surface area contributed by atoms with Crippen molar-refractivity contribution in [1.29, 1.82) is 0 Å². The van der Waals surface area contributed by atoms with Gasteiger partial charge < -0.3 is 10.2 Å². The number of nitrogens with zero attached hydrogens (tertiary/aromatic N) is 1. The molecule has 1 saturated heterocycles. The predicted octanol–water partition coefficient (Wildman–Crippen LogP) is 3.68. The average Bonchev–Trinajstić information content (AvgIpc) is 2.65. The van der Waals surface area contributed by atoms with Gasteiger partial charge in [-0.15, -0.1) is 0 Å². The SMILES string of the molecule is CC(C)NC1CCN(c2ccc(Cl)cc2Br)C1. The molecule has 0 spiro atoms. The molecule has 1 unspecified atom stereocenters. The number of halogens is 2. The van der Waals surface area contributed by atoms with E-state index in [9.17, 15) is 0 Å². The molecule has 94 valence electrons. The van der Waals surface area contributed by atoms with Crippen molar-refractivity contribution in [3.63, 3.8) is 0 Å². The van der Waals surface area contributed by atoms with Crippen LogP contribution in [0, 0.1) is 0 Å². The minimum atomic E-state index is 0.550. The minimum Gasteiger partial charge on any atom is -0.369 e. The van der Waals surface area contributed by atoms with Gasteiger partial charge >= 0.3 is 0 Å². The third-order valence-electron chi connectivity index (χ3n) is 3.01. The molecule has 2 nitrogen and oxygen atoms in total. The van der Waals surface area contributed by atoms with Crippen LogP contribution in [0.3, 0.4) is 0 Å². The third kappa shape index (κ3) is 3.36. The molecular formula is C13H18BrClN2. The lowest BCUT2D eigenvalue weighted by Gasteiger charge is -2.21. The quantitative estimate of drug-likeness (QED) is 0.915. The normalized spacial score (nSPS) is 20.3. The summed E-state index contributed by atoms with van der Waals surface area (Å²) in [6, 6.07) is 7.14. The Kier molecular flexibility index (Phi) is 4.34. The lowest BCUT2D eigenvalue weighted by molar-refractivity contribution is 0.492. The van der Waals surface area contributed by atoms with Crippen molar-refractivity contribution in [3.05, 3.63) is 27.7 Å². The first-order valence-corrected chi connectivity index (χ1v) is 7.19. The summed E-state index contributed by atoms with van der Waals surface area (Å²) >= 11 is 9.54. The Morgan fingerprint density at radius 1 is 1.47 bits per heavy atom. The lowest BCUT2D eigenvalue weighted by Crippen LogP contribution is -2.37. The summed E-state index contributed by atoms with van der Waals surface area (Å²) in [4.78, 5) is 2.40. The van der Waals surface area contributed by atoms with Crippen LogP contribution in [-0.2, 0) is 0 Å². The lowest BCUT2D eigenvalue weighted by atomic mass is 10.2. The first-order valence-electron chi connectivity index (χ1n) is 6.02. The molecule has 1 fully saturated rings. The monoisotopic (exact) mass is 316 g/mol. The highest BCUT2D eigenvalue weighted by atomic mass is 79.9. The van der Waals surface area contributed by atoms with E-state index in [0.29, 0.717) is 12.1 Å². The van der Waals surface area contributed by atoms with Crippen molar-refractivity contribution in [2.45, 2.75) is 32.4 Å². The van der Waals surface area contributed by atoms with Crippen LogP contribution >= 0.6 is 27.5 Å². The molecular weight excluding hydrogens is 300 g/mol. The van der Waals surface area contributed by atoms with E-state index < -0.39 is 0 Å². The Labute approximate surface area is 116 Å². The first-order chi connectivity index (χ1) is 8.06. The first kappa shape index (κ1) is 13.2. The van der Waals surface area contributed by atoms with Gasteiger partial charge in [0.1, 0.15) is 0 Å². The molecule has 0 aliphatic carbocycles. The summed E-state index contributed by atoms with van der Waals surface area (Å²) in [7, 11) is 0. The largest absolute Gasteiger partial charge is 0.369 e. The fraction of sp³-hybridized carbons (Fsp3) is 0.538. The molecule has 0 bridgehead atoms. The standard InChI is InChI=1S/C13H18BrClN2/c1-9(2)16-11-5-6-17(8-11)13-4-3-10(15)7-12(13)14/h3-4,7,9,11,16H,5-6,8H2,1-2H3. The van der Waals surface area contributed by atoms with E-state index in [1.54, 1.807) is 0 Å². The Balaban J connectivity index is 2.05. The van der Waals surface area contributed by atoms with Gasteiger partial charge in [0.05, 0.1) is 5.69 Å². The molecule has 0 amide bonds. The van der Waals surface area contributed by atoms with Gasteiger partial charge in [-0.1, -0.05) is 25.4 Å². The van der Waals surface area contributed by atoms with Gasteiger partial charge in [0.15, 0.2) is 0 Å². The van der Waals surface area contributed by atoms with Crippen LogP contribution in [0.25, 0.3) is 0 Å². The number of hydrogen-bond acceptors (Lipinski definition) is 2. The van der Waals surface area contributed by atoms with Crippen LogP contribution in [-0.4, -0.2) is 25.2 Å². The third-order valence-corrected chi connectivity index (χ3v) is 3.88. The van der Waals surface area contributed by atoms with E-state index in [-0.39, 0.29) is 0 Å². The summed E-state index contributed by atoms with van der Waals surface area (Å²) in [6.07, 6.45) is 1.20. The molecule has 1 N–H and O–H groups in total. The molecule has 4 heteroatoms. The van der Waals surface area contributed by atoms with Crippen LogP contribution in [0.1, 0.15) is 20.3 Å². The van der Waals surface area contributed by atoms with Crippen molar-refractivity contribution in [3.8, 4) is 0 Å². The maximum absolute atomic E-state index is 5.96. The van der Waals surface area contributed by atoms with E-state index in [2.05, 4.69) is 46.1 Å². The van der Waals surface area contributed by atoms with Crippen LogP contribution < -0.4 is 10.2 Å². The fourth-order valence-corrected chi connectivity index (χ4v) is 3.26. The second-order valence-electron chi connectivity index (χ2n) is 4.85. The van der Waals surface area contributed by atoms with Gasteiger partial charge in [-0.25, -0.2) is 0 Å². The van der Waals surface area contributed by atoms with Crippen LogP contribution in [0.5, 0.6) is 0 Å². The van der Waals surface area contributed by atoms with E-state index in [1.807, 2.05) is 12.1 Å². The number of benzene rings is 1. The van der Waals surface area contributed by atoms with Crippen molar-refractivity contribution in [1.82, 2.24) is 5.32 Å². The molecule has 0 aromatic heterocycles.